The maximum Gasteiger partial charge on any atom is 0.409 e. The van der Waals surface area contributed by atoms with Crippen LogP contribution in [0.3, 0.4) is 0 Å². The summed E-state index contributed by atoms with van der Waals surface area (Å²) in [6.07, 6.45) is 0.804. The van der Waals surface area contributed by atoms with Gasteiger partial charge in [0.25, 0.3) is 0 Å². The lowest BCUT2D eigenvalue weighted by Gasteiger charge is -2.31. The van der Waals surface area contributed by atoms with Gasteiger partial charge >= 0.3 is 17.9 Å². The van der Waals surface area contributed by atoms with Crippen LogP contribution in [-0.4, -0.2) is 55.7 Å². The molecule has 0 aromatic heterocycles. The lowest BCUT2D eigenvalue weighted by atomic mass is 10.1. The minimum absolute atomic E-state index is 0.154. The number of carbonyl (C=O) groups is 3. The number of hydrogen-bond donors (Lipinski definition) is 2. The number of likely N-dealkylation sites (tertiary alicyclic amines) is 1. The fourth-order valence-corrected chi connectivity index (χ4v) is 2.77. The third-order valence-electron chi connectivity index (χ3n) is 4.17. The lowest BCUT2D eigenvalue weighted by molar-refractivity contribution is -0.136. The summed E-state index contributed by atoms with van der Waals surface area (Å²) in [4.78, 5) is 37.6. The van der Waals surface area contributed by atoms with Crippen LogP contribution in [0.1, 0.15) is 25.3 Å². The van der Waals surface area contributed by atoms with E-state index in [-0.39, 0.29) is 12.1 Å². The van der Waals surface area contributed by atoms with Gasteiger partial charge in [-0.25, -0.2) is 4.79 Å². The minimum Gasteiger partial charge on any atom is -0.495 e. The molecule has 8 nitrogen and oxygen atoms in total. The highest BCUT2D eigenvalue weighted by Gasteiger charge is 2.26. The first kappa shape index (κ1) is 19.6. The molecule has 1 heterocycles. The Morgan fingerprint density at radius 2 is 1.88 bits per heavy atom. The molecule has 2 N–H and O–H groups in total. The number of carbonyl (C=O) groups excluding carboxylic acids is 3. The number of amides is 3. The van der Waals surface area contributed by atoms with E-state index in [2.05, 4.69) is 10.6 Å². The Bertz CT molecular complexity index is 669. The van der Waals surface area contributed by atoms with Crippen LogP contribution in [0.4, 0.5) is 10.5 Å². The van der Waals surface area contributed by atoms with Crippen molar-refractivity contribution in [3.8, 4) is 5.75 Å². The summed E-state index contributed by atoms with van der Waals surface area (Å²) in [5.41, 5.74) is 1.39. The minimum atomic E-state index is -0.748. The quantitative estimate of drug-likeness (QED) is 0.794. The zero-order chi connectivity index (χ0) is 19.1. The van der Waals surface area contributed by atoms with Crippen molar-refractivity contribution < 1.29 is 23.9 Å². The number of nitrogens with zero attached hydrogens (tertiary/aromatic N) is 1. The van der Waals surface area contributed by atoms with Gasteiger partial charge in [-0.05, 0) is 44.4 Å². The highest BCUT2D eigenvalue weighted by molar-refractivity contribution is 6.39. The Balaban J connectivity index is 1.86. The van der Waals surface area contributed by atoms with Crippen LogP contribution in [0.5, 0.6) is 5.75 Å². The van der Waals surface area contributed by atoms with Gasteiger partial charge in [-0.15, -0.1) is 0 Å². The second-order valence-electron chi connectivity index (χ2n) is 6.09. The molecular weight excluding hydrogens is 338 g/mol. The first-order valence-electron chi connectivity index (χ1n) is 8.62. The third-order valence-corrected chi connectivity index (χ3v) is 4.17. The number of nitrogens with one attached hydrogen (secondary N) is 2. The molecule has 1 aromatic carbocycles. The van der Waals surface area contributed by atoms with Crippen molar-refractivity contribution in [2.45, 2.75) is 32.7 Å². The molecule has 2 rings (SSSR count). The maximum absolute atomic E-state index is 12.2. The van der Waals surface area contributed by atoms with Gasteiger partial charge in [-0.3, -0.25) is 9.59 Å². The third kappa shape index (κ3) is 5.11. The number of anilines is 1. The molecule has 0 aliphatic carbocycles. The van der Waals surface area contributed by atoms with Gasteiger partial charge < -0.3 is 25.0 Å². The normalized spacial score (nSPS) is 14.5. The van der Waals surface area contributed by atoms with Crippen molar-refractivity contribution in [3.05, 3.63) is 23.8 Å². The molecule has 1 saturated heterocycles. The molecule has 8 heteroatoms. The highest BCUT2D eigenvalue weighted by atomic mass is 16.6. The Hall–Kier alpha value is -2.77. The Morgan fingerprint density at radius 3 is 2.50 bits per heavy atom. The summed E-state index contributed by atoms with van der Waals surface area (Å²) in [6, 6.07) is 5.17. The maximum atomic E-state index is 12.2. The molecule has 0 unspecified atom stereocenters. The zero-order valence-electron chi connectivity index (χ0n) is 15.3. The summed E-state index contributed by atoms with van der Waals surface area (Å²) < 4.78 is 10.1. The highest BCUT2D eigenvalue weighted by Crippen LogP contribution is 2.25. The van der Waals surface area contributed by atoms with Gasteiger partial charge in [0.1, 0.15) is 5.75 Å². The topological polar surface area (TPSA) is 97.0 Å². The number of methoxy groups -OCH3 is 1. The van der Waals surface area contributed by atoms with Crippen LogP contribution in [0.2, 0.25) is 0 Å². The van der Waals surface area contributed by atoms with Gasteiger partial charge in [0.15, 0.2) is 0 Å². The van der Waals surface area contributed by atoms with E-state index in [0.717, 1.165) is 5.56 Å². The van der Waals surface area contributed by atoms with E-state index in [4.69, 9.17) is 9.47 Å². The van der Waals surface area contributed by atoms with Gasteiger partial charge in [0.2, 0.25) is 0 Å². The molecular formula is C18H25N3O5. The summed E-state index contributed by atoms with van der Waals surface area (Å²) in [5.74, 6) is -0.968. The van der Waals surface area contributed by atoms with E-state index in [1.807, 2.05) is 13.0 Å². The molecule has 0 radical (unpaired) electrons. The van der Waals surface area contributed by atoms with Crippen molar-refractivity contribution in [1.82, 2.24) is 10.2 Å². The van der Waals surface area contributed by atoms with Crippen LogP contribution in [0.25, 0.3) is 0 Å². The zero-order valence-corrected chi connectivity index (χ0v) is 15.3. The van der Waals surface area contributed by atoms with E-state index in [1.54, 1.807) is 24.0 Å². The van der Waals surface area contributed by atoms with Crippen molar-refractivity contribution in [2.24, 2.45) is 0 Å². The van der Waals surface area contributed by atoms with Crippen LogP contribution >= 0.6 is 0 Å². The number of ether oxygens (including phenoxy) is 2. The van der Waals surface area contributed by atoms with Crippen molar-refractivity contribution >= 4 is 23.6 Å². The number of rotatable bonds is 4. The van der Waals surface area contributed by atoms with Crippen molar-refractivity contribution in [1.29, 1.82) is 0 Å². The summed E-state index contributed by atoms with van der Waals surface area (Å²) in [7, 11) is 1.50. The predicted molar refractivity (Wildman–Crippen MR) is 96.1 cm³/mol. The average molecular weight is 363 g/mol. The van der Waals surface area contributed by atoms with Crippen LogP contribution in [0.15, 0.2) is 18.2 Å². The van der Waals surface area contributed by atoms with Crippen LogP contribution in [-0.2, 0) is 14.3 Å². The van der Waals surface area contributed by atoms with Gasteiger partial charge in [0.05, 0.1) is 19.4 Å². The summed E-state index contributed by atoms with van der Waals surface area (Å²) in [6.45, 7) is 4.94. The van der Waals surface area contributed by atoms with E-state index in [1.165, 1.54) is 7.11 Å². The van der Waals surface area contributed by atoms with E-state index < -0.39 is 11.8 Å². The second kappa shape index (κ2) is 9.07. The SMILES string of the molecule is CCOC(=O)N1CCC(NC(=O)C(=O)Nc2cc(C)ccc2OC)CC1. The van der Waals surface area contributed by atoms with Gasteiger partial charge in [-0.2, -0.15) is 0 Å². The van der Waals surface area contributed by atoms with Gasteiger partial charge in [0, 0.05) is 19.1 Å². The first-order chi connectivity index (χ1) is 12.4. The van der Waals surface area contributed by atoms with Crippen molar-refractivity contribution in [3.63, 3.8) is 0 Å². The summed E-state index contributed by atoms with van der Waals surface area (Å²) >= 11 is 0. The monoisotopic (exact) mass is 363 g/mol. The Kier molecular flexibility index (Phi) is 6.82. The molecule has 1 aliphatic heterocycles. The Labute approximate surface area is 152 Å². The number of hydrogen-bond acceptors (Lipinski definition) is 5. The van der Waals surface area contributed by atoms with Crippen molar-refractivity contribution in [2.75, 3.05) is 32.1 Å². The van der Waals surface area contributed by atoms with E-state index in [9.17, 15) is 14.4 Å². The number of benzene rings is 1. The fraction of sp³-hybridized carbons (Fsp3) is 0.500. The van der Waals surface area contributed by atoms with Gasteiger partial charge in [-0.1, -0.05) is 6.07 Å². The molecule has 26 heavy (non-hydrogen) atoms. The lowest BCUT2D eigenvalue weighted by Crippen LogP contribution is -2.49. The molecule has 0 spiro atoms. The Morgan fingerprint density at radius 1 is 1.19 bits per heavy atom. The van der Waals surface area contributed by atoms with E-state index >= 15 is 0 Å². The molecule has 3 amide bonds. The molecule has 0 saturated carbocycles. The van der Waals surface area contributed by atoms with Crippen LogP contribution < -0.4 is 15.4 Å². The number of aryl methyl sites for hydroxylation is 1. The molecule has 0 atom stereocenters. The molecule has 0 bridgehead atoms. The summed E-state index contributed by atoms with van der Waals surface area (Å²) in [5, 5.41) is 5.29. The smallest absolute Gasteiger partial charge is 0.409 e. The van der Waals surface area contributed by atoms with E-state index in [0.29, 0.717) is 44.0 Å². The predicted octanol–water partition coefficient (Wildman–Crippen LogP) is 1.68. The molecule has 1 fully saturated rings. The number of piperidine rings is 1. The average Bonchev–Trinajstić information content (AvgIpc) is 2.62. The fourth-order valence-electron chi connectivity index (χ4n) is 2.77. The standard InChI is InChI=1S/C18H25N3O5/c1-4-26-18(24)21-9-7-13(8-10-21)19-16(22)17(23)20-14-11-12(2)5-6-15(14)25-3/h5-6,11,13H,4,7-10H2,1-3H3,(H,19,22)(H,20,23). The molecule has 1 aliphatic rings. The molecule has 1 aromatic rings. The largest absolute Gasteiger partial charge is 0.495 e. The van der Waals surface area contributed by atoms with Crippen LogP contribution in [0, 0.1) is 6.92 Å². The molecule has 142 valence electrons. The first-order valence-corrected chi connectivity index (χ1v) is 8.62. The second-order valence-corrected chi connectivity index (χ2v) is 6.09.